The Hall–Kier alpha value is -2.81. The van der Waals surface area contributed by atoms with Crippen LogP contribution < -0.4 is 5.32 Å². The van der Waals surface area contributed by atoms with Crippen LogP contribution in [0, 0.1) is 12.7 Å². The van der Waals surface area contributed by atoms with E-state index >= 15 is 0 Å². The van der Waals surface area contributed by atoms with Gasteiger partial charge < -0.3 is 10.2 Å². The molecule has 4 rings (SSSR count). The lowest BCUT2D eigenvalue weighted by Gasteiger charge is -2.39. The van der Waals surface area contributed by atoms with Crippen molar-refractivity contribution in [2.24, 2.45) is 0 Å². The summed E-state index contributed by atoms with van der Waals surface area (Å²) in [7, 11) is 0. The molecule has 8 heteroatoms. The number of hydrogen-bond acceptors (Lipinski definition) is 5. The van der Waals surface area contributed by atoms with E-state index in [1.165, 1.54) is 23.3 Å². The van der Waals surface area contributed by atoms with Crippen molar-refractivity contribution in [2.45, 2.75) is 26.4 Å². The van der Waals surface area contributed by atoms with Crippen LogP contribution >= 0.6 is 0 Å². The number of nitrogens with one attached hydrogen (secondary N) is 1. The van der Waals surface area contributed by atoms with Crippen molar-refractivity contribution in [2.75, 3.05) is 64.2 Å². The number of benzene rings is 2. The fourth-order valence-corrected chi connectivity index (χ4v) is 4.80. The summed E-state index contributed by atoms with van der Waals surface area (Å²) in [5, 5.41) is 2.79. The molecule has 0 saturated carbocycles. The second-order valence-corrected chi connectivity index (χ2v) is 9.63. The minimum absolute atomic E-state index is 0.149. The lowest BCUT2D eigenvalue weighted by Crippen LogP contribution is -2.55. The van der Waals surface area contributed by atoms with Crippen molar-refractivity contribution in [3.05, 3.63) is 65.5 Å². The third-order valence-corrected chi connectivity index (χ3v) is 7.00. The fraction of sp³-hybridized carbons (Fsp3) is 0.481. The summed E-state index contributed by atoms with van der Waals surface area (Å²) >= 11 is 0. The predicted molar refractivity (Wildman–Crippen MR) is 136 cm³/mol. The van der Waals surface area contributed by atoms with E-state index in [1.807, 2.05) is 11.8 Å². The van der Waals surface area contributed by atoms with Crippen LogP contribution in [-0.4, -0.2) is 96.4 Å². The maximum Gasteiger partial charge on any atom is 0.241 e. The Labute approximate surface area is 207 Å². The first-order valence-electron chi connectivity index (χ1n) is 12.5. The average Bonchev–Trinajstić information content (AvgIpc) is 2.84. The smallest absolute Gasteiger partial charge is 0.241 e. The Morgan fingerprint density at radius 2 is 1.60 bits per heavy atom. The third kappa shape index (κ3) is 7.10. The average molecular weight is 482 g/mol. The molecule has 2 aliphatic rings. The summed E-state index contributed by atoms with van der Waals surface area (Å²) in [6.07, 6.45) is 0. The van der Waals surface area contributed by atoms with E-state index in [4.69, 9.17) is 0 Å². The number of carbonyl (C=O) groups is 2. The first kappa shape index (κ1) is 25.3. The van der Waals surface area contributed by atoms with Crippen molar-refractivity contribution in [3.8, 4) is 0 Å². The minimum atomic E-state index is -0.374. The molecule has 2 aromatic carbocycles. The quantitative estimate of drug-likeness (QED) is 0.658. The Bertz CT molecular complexity index is 1020. The molecule has 1 atom stereocenters. The standard InChI is InChI=1S/C27H36FN5O2/c1-21-5-3-6-23(17-21)19-30-11-15-33(16-12-30)26(34)20-31-9-13-32(14-10-31)22(2)27(35)29-25-8-4-7-24(28)18-25/h3-8,17-18,22H,9-16,19-20H2,1-2H3,(H,29,35). The van der Waals surface area contributed by atoms with E-state index in [2.05, 4.69) is 51.2 Å². The highest BCUT2D eigenvalue weighted by Gasteiger charge is 2.28. The van der Waals surface area contributed by atoms with Crippen molar-refractivity contribution >= 4 is 17.5 Å². The highest BCUT2D eigenvalue weighted by Crippen LogP contribution is 2.14. The van der Waals surface area contributed by atoms with Gasteiger partial charge in [-0.1, -0.05) is 35.9 Å². The third-order valence-electron chi connectivity index (χ3n) is 7.00. The number of carbonyl (C=O) groups excluding carboxylic acids is 2. The van der Waals surface area contributed by atoms with Crippen LogP contribution in [0.15, 0.2) is 48.5 Å². The van der Waals surface area contributed by atoms with Gasteiger partial charge >= 0.3 is 0 Å². The highest BCUT2D eigenvalue weighted by molar-refractivity contribution is 5.94. The zero-order valence-electron chi connectivity index (χ0n) is 20.8. The molecule has 0 aromatic heterocycles. The van der Waals surface area contributed by atoms with Gasteiger partial charge in [0.15, 0.2) is 0 Å². The fourth-order valence-electron chi connectivity index (χ4n) is 4.80. The van der Waals surface area contributed by atoms with Crippen molar-refractivity contribution in [1.29, 1.82) is 0 Å². The summed E-state index contributed by atoms with van der Waals surface area (Å²) < 4.78 is 13.4. The number of amides is 2. The molecule has 2 heterocycles. The van der Waals surface area contributed by atoms with Crippen molar-refractivity contribution in [1.82, 2.24) is 19.6 Å². The largest absolute Gasteiger partial charge is 0.339 e. The number of halogens is 1. The van der Waals surface area contributed by atoms with E-state index < -0.39 is 0 Å². The van der Waals surface area contributed by atoms with Gasteiger partial charge in [0.25, 0.3) is 0 Å². The molecular formula is C27H36FN5O2. The first-order valence-corrected chi connectivity index (χ1v) is 12.5. The molecule has 2 aliphatic heterocycles. The number of anilines is 1. The monoisotopic (exact) mass is 481 g/mol. The van der Waals surface area contributed by atoms with E-state index in [1.54, 1.807) is 12.1 Å². The SMILES string of the molecule is Cc1cccc(CN2CCN(C(=O)CN3CCN(C(C)C(=O)Nc4cccc(F)c4)CC3)CC2)c1. The van der Waals surface area contributed by atoms with Gasteiger partial charge in [0.05, 0.1) is 12.6 Å². The van der Waals surface area contributed by atoms with E-state index in [-0.39, 0.29) is 23.7 Å². The zero-order chi connectivity index (χ0) is 24.8. The maximum atomic E-state index is 13.4. The molecule has 7 nitrogen and oxygen atoms in total. The van der Waals surface area contributed by atoms with E-state index in [0.29, 0.717) is 12.2 Å². The van der Waals surface area contributed by atoms with Crippen LogP contribution in [0.25, 0.3) is 0 Å². The van der Waals surface area contributed by atoms with Gasteiger partial charge in [-0.3, -0.25) is 24.3 Å². The number of aryl methyl sites for hydroxylation is 1. The second kappa shape index (κ2) is 11.7. The van der Waals surface area contributed by atoms with E-state index in [9.17, 15) is 14.0 Å². The van der Waals surface area contributed by atoms with E-state index in [0.717, 1.165) is 58.9 Å². The summed E-state index contributed by atoms with van der Waals surface area (Å²) in [6, 6.07) is 14.2. The minimum Gasteiger partial charge on any atom is -0.339 e. The highest BCUT2D eigenvalue weighted by atomic mass is 19.1. The van der Waals surface area contributed by atoms with Crippen LogP contribution in [0.2, 0.25) is 0 Å². The zero-order valence-corrected chi connectivity index (χ0v) is 20.8. The van der Waals surface area contributed by atoms with Gasteiger partial charge in [0, 0.05) is 64.6 Å². The van der Waals surface area contributed by atoms with Gasteiger partial charge in [-0.15, -0.1) is 0 Å². The van der Waals surface area contributed by atoms with Gasteiger partial charge in [-0.2, -0.15) is 0 Å². The summed E-state index contributed by atoms with van der Waals surface area (Å²) in [5.74, 6) is -0.337. The summed E-state index contributed by atoms with van der Waals surface area (Å²) in [4.78, 5) is 34.2. The molecule has 0 spiro atoms. The van der Waals surface area contributed by atoms with Crippen LogP contribution in [-0.2, 0) is 16.1 Å². The Morgan fingerprint density at radius 1 is 0.914 bits per heavy atom. The number of hydrogen-bond donors (Lipinski definition) is 1. The number of rotatable bonds is 7. The molecule has 2 amide bonds. The Balaban J connectivity index is 1.17. The van der Waals surface area contributed by atoms with Gasteiger partial charge in [0.1, 0.15) is 5.82 Å². The van der Waals surface area contributed by atoms with Gasteiger partial charge in [0.2, 0.25) is 11.8 Å². The van der Waals surface area contributed by atoms with Gasteiger partial charge in [-0.25, -0.2) is 4.39 Å². The Morgan fingerprint density at radius 3 is 2.29 bits per heavy atom. The molecule has 2 aromatic rings. The van der Waals surface area contributed by atoms with Crippen LogP contribution in [0.3, 0.4) is 0 Å². The summed E-state index contributed by atoms with van der Waals surface area (Å²) in [6.45, 7) is 11.6. The predicted octanol–water partition coefficient (Wildman–Crippen LogP) is 2.42. The van der Waals surface area contributed by atoms with Crippen molar-refractivity contribution < 1.29 is 14.0 Å². The molecule has 0 bridgehead atoms. The molecule has 2 saturated heterocycles. The molecule has 1 N–H and O–H groups in total. The number of piperazine rings is 2. The number of nitrogens with zero attached hydrogens (tertiary/aromatic N) is 4. The first-order chi connectivity index (χ1) is 16.9. The molecule has 0 aliphatic carbocycles. The topological polar surface area (TPSA) is 59.1 Å². The lowest BCUT2D eigenvalue weighted by molar-refractivity contribution is -0.135. The molecular weight excluding hydrogens is 445 g/mol. The molecule has 1 unspecified atom stereocenters. The maximum absolute atomic E-state index is 13.4. The lowest BCUT2D eigenvalue weighted by atomic mass is 10.1. The van der Waals surface area contributed by atoms with Crippen LogP contribution in [0.1, 0.15) is 18.1 Å². The van der Waals surface area contributed by atoms with Gasteiger partial charge in [-0.05, 0) is 37.6 Å². The summed E-state index contributed by atoms with van der Waals surface area (Å²) in [5.41, 5.74) is 3.06. The van der Waals surface area contributed by atoms with Crippen molar-refractivity contribution in [3.63, 3.8) is 0 Å². The van der Waals surface area contributed by atoms with Crippen LogP contribution in [0.5, 0.6) is 0 Å². The van der Waals surface area contributed by atoms with Crippen LogP contribution in [0.4, 0.5) is 10.1 Å². The normalized spacial score (nSPS) is 18.9. The molecule has 35 heavy (non-hydrogen) atoms. The molecule has 0 radical (unpaired) electrons. The molecule has 2 fully saturated rings. The second-order valence-electron chi connectivity index (χ2n) is 9.63. The Kier molecular flexibility index (Phi) is 8.49. The molecule has 188 valence electrons.